The first-order chi connectivity index (χ1) is 8.49. The number of aryl methyl sites for hydroxylation is 1. The summed E-state index contributed by atoms with van der Waals surface area (Å²) in [4.78, 5) is 0.308. The zero-order chi connectivity index (χ0) is 13.2. The molecular formula is C13H18ClNO2S. The molecule has 0 heterocycles. The minimum atomic E-state index is -3.44. The zero-order valence-electron chi connectivity index (χ0n) is 10.4. The number of alkyl halides is 1. The van der Waals surface area contributed by atoms with E-state index >= 15 is 0 Å². The first-order valence-electron chi connectivity index (χ1n) is 6.22. The van der Waals surface area contributed by atoms with Crippen LogP contribution in [0.25, 0.3) is 0 Å². The second kappa shape index (κ2) is 5.59. The van der Waals surface area contributed by atoms with Crippen LogP contribution in [-0.2, 0) is 10.0 Å². The van der Waals surface area contributed by atoms with Crippen molar-refractivity contribution in [2.24, 2.45) is 0 Å². The van der Waals surface area contributed by atoms with Crippen LogP contribution < -0.4 is 4.72 Å². The number of sulfonamides is 1. The van der Waals surface area contributed by atoms with Gasteiger partial charge < -0.3 is 0 Å². The summed E-state index contributed by atoms with van der Waals surface area (Å²) in [5.41, 5.74) is 1.04. The molecule has 2 atom stereocenters. The molecule has 0 radical (unpaired) electrons. The first-order valence-corrected chi connectivity index (χ1v) is 8.14. The maximum Gasteiger partial charge on any atom is 0.240 e. The van der Waals surface area contributed by atoms with Gasteiger partial charge in [-0.2, -0.15) is 0 Å². The highest BCUT2D eigenvalue weighted by molar-refractivity contribution is 7.89. The number of hydrogen-bond donors (Lipinski definition) is 1. The lowest BCUT2D eigenvalue weighted by molar-refractivity contribution is 0.418. The Morgan fingerprint density at radius 3 is 2.39 bits per heavy atom. The third kappa shape index (κ3) is 3.25. The van der Waals surface area contributed by atoms with E-state index in [0.717, 1.165) is 31.2 Å². The summed E-state index contributed by atoms with van der Waals surface area (Å²) in [7, 11) is -3.44. The van der Waals surface area contributed by atoms with Crippen molar-refractivity contribution in [2.45, 2.75) is 48.9 Å². The van der Waals surface area contributed by atoms with Gasteiger partial charge in [-0.05, 0) is 31.9 Å². The van der Waals surface area contributed by atoms with Crippen LogP contribution in [0.1, 0.15) is 31.2 Å². The largest absolute Gasteiger partial charge is 0.240 e. The minimum Gasteiger partial charge on any atom is -0.207 e. The number of hydrogen-bond acceptors (Lipinski definition) is 2. The van der Waals surface area contributed by atoms with Crippen molar-refractivity contribution in [1.82, 2.24) is 4.72 Å². The smallest absolute Gasteiger partial charge is 0.207 e. The quantitative estimate of drug-likeness (QED) is 0.869. The Kier molecular flexibility index (Phi) is 4.30. The van der Waals surface area contributed by atoms with Crippen molar-refractivity contribution in [2.75, 3.05) is 0 Å². The Morgan fingerprint density at radius 2 is 1.78 bits per heavy atom. The molecule has 2 unspecified atom stereocenters. The molecule has 0 aromatic heterocycles. The molecule has 1 aromatic carbocycles. The minimum absolute atomic E-state index is 0.0982. The Labute approximate surface area is 114 Å². The molecule has 0 amide bonds. The van der Waals surface area contributed by atoms with Gasteiger partial charge in [0.2, 0.25) is 10.0 Å². The molecule has 18 heavy (non-hydrogen) atoms. The highest BCUT2D eigenvalue weighted by Gasteiger charge is 2.27. The van der Waals surface area contributed by atoms with Crippen LogP contribution >= 0.6 is 11.6 Å². The van der Waals surface area contributed by atoms with Gasteiger partial charge in [-0.3, -0.25) is 0 Å². The van der Waals surface area contributed by atoms with Crippen molar-refractivity contribution >= 4 is 21.6 Å². The molecular weight excluding hydrogens is 270 g/mol. The summed E-state index contributed by atoms with van der Waals surface area (Å²) < 4.78 is 27.1. The topological polar surface area (TPSA) is 46.2 Å². The fourth-order valence-corrected chi connectivity index (χ4v) is 3.93. The summed E-state index contributed by atoms with van der Waals surface area (Å²) >= 11 is 6.17. The van der Waals surface area contributed by atoms with Gasteiger partial charge in [0.1, 0.15) is 0 Å². The Balaban J connectivity index is 2.13. The van der Waals surface area contributed by atoms with Gasteiger partial charge in [-0.1, -0.05) is 30.5 Å². The van der Waals surface area contributed by atoms with E-state index in [-0.39, 0.29) is 11.4 Å². The van der Waals surface area contributed by atoms with Crippen LogP contribution in [0.3, 0.4) is 0 Å². The molecule has 1 aliphatic carbocycles. The maximum atomic E-state index is 12.2. The number of benzene rings is 1. The third-order valence-corrected chi connectivity index (χ3v) is 5.35. The fraction of sp³-hybridized carbons (Fsp3) is 0.538. The molecule has 1 N–H and O–H groups in total. The highest BCUT2D eigenvalue weighted by atomic mass is 35.5. The molecule has 1 fully saturated rings. The summed E-state index contributed by atoms with van der Waals surface area (Å²) in [5, 5.41) is -0.0982. The van der Waals surface area contributed by atoms with E-state index in [9.17, 15) is 8.42 Å². The van der Waals surface area contributed by atoms with Gasteiger partial charge in [0.05, 0.1) is 4.90 Å². The van der Waals surface area contributed by atoms with Crippen LogP contribution in [0.5, 0.6) is 0 Å². The summed E-state index contributed by atoms with van der Waals surface area (Å²) in [6.07, 6.45) is 3.81. The van der Waals surface area contributed by atoms with Crippen LogP contribution in [0.4, 0.5) is 0 Å². The van der Waals surface area contributed by atoms with E-state index in [4.69, 9.17) is 11.6 Å². The molecule has 5 heteroatoms. The van der Waals surface area contributed by atoms with Crippen LogP contribution in [-0.4, -0.2) is 19.8 Å². The monoisotopic (exact) mass is 287 g/mol. The molecule has 1 saturated carbocycles. The molecule has 1 aromatic rings. The van der Waals surface area contributed by atoms with Gasteiger partial charge in [0.15, 0.2) is 0 Å². The SMILES string of the molecule is Cc1ccc(S(=O)(=O)NC2CCCCC2Cl)cc1. The van der Waals surface area contributed by atoms with Crippen LogP contribution in [0.15, 0.2) is 29.2 Å². The number of halogens is 1. The Bertz CT molecular complexity index is 498. The van der Waals surface area contributed by atoms with E-state index in [1.54, 1.807) is 24.3 Å². The molecule has 0 bridgehead atoms. The van der Waals surface area contributed by atoms with Gasteiger partial charge in [0.25, 0.3) is 0 Å². The van der Waals surface area contributed by atoms with Gasteiger partial charge in [0, 0.05) is 11.4 Å². The van der Waals surface area contributed by atoms with Crippen molar-refractivity contribution in [3.63, 3.8) is 0 Å². The van der Waals surface area contributed by atoms with Crippen molar-refractivity contribution in [1.29, 1.82) is 0 Å². The van der Waals surface area contributed by atoms with Crippen LogP contribution in [0, 0.1) is 6.92 Å². The van der Waals surface area contributed by atoms with Crippen molar-refractivity contribution in [3.05, 3.63) is 29.8 Å². The second-order valence-corrected chi connectivity index (χ2v) is 7.12. The molecule has 2 rings (SSSR count). The predicted octanol–water partition coefficient (Wildman–Crippen LogP) is 2.82. The van der Waals surface area contributed by atoms with Crippen molar-refractivity contribution in [3.8, 4) is 0 Å². The van der Waals surface area contributed by atoms with Gasteiger partial charge >= 0.3 is 0 Å². The Morgan fingerprint density at radius 1 is 1.17 bits per heavy atom. The van der Waals surface area contributed by atoms with E-state index in [1.165, 1.54) is 0 Å². The van der Waals surface area contributed by atoms with E-state index in [0.29, 0.717) is 4.90 Å². The summed E-state index contributed by atoms with van der Waals surface area (Å²) in [6, 6.07) is 6.71. The average Bonchev–Trinajstić information content (AvgIpc) is 2.32. The number of nitrogens with one attached hydrogen (secondary N) is 1. The van der Waals surface area contributed by atoms with Crippen molar-refractivity contribution < 1.29 is 8.42 Å². The molecule has 100 valence electrons. The van der Waals surface area contributed by atoms with E-state index in [2.05, 4.69) is 4.72 Å². The molecule has 0 saturated heterocycles. The third-order valence-electron chi connectivity index (χ3n) is 3.32. The Hall–Kier alpha value is -0.580. The standard InChI is InChI=1S/C13H18ClNO2S/c1-10-6-8-11(9-7-10)18(16,17)15-13-5-3-2-4-12(13)14/h6-9,12-13,15H,2-5H2,1H3. The lowest BCUT2D eigenvalue weighted by atomic mass is 9.96. The summed E-state index contributed by atoms with van der Waals surface area (Å²) in [5.74, 6) is 0. The molecule has 0 spiro atoms. The highest BCUT2D eigenvalue weighted by Crippen LogP contribution is 2.24. The van der Waals surface area contributed by atoms with Gasteiger partial charge in [-0.25, -0.2) is 13.1 Å². The fourth-order valence-electron chi connectivity index (χ4n) is 2.20. The lowest BCUT2D eigenvalue weighted by Crippen LogP contribution is -2.42. The predicted molar refractivity (Wildman–Crippen MR) is 73.4 cm³/mol. The van der Waals surface area contributed by atoms with Crippen LogP contribution in [0.2, 0.25) is 0 Å². The molecule has 0 aliphatic heterocycles. The normalized spacial score (nSPS) is 25.0. The number of rotatable bonds is 3. The van der Waals surface area contributed by atoms with E-state index in [1.807, 2.05) is 6.92 Å². The summed E-state index contributed by atoms with van der Waals surface area (Å²) in [6.45, 7) is 1.93. The molecule has 3 nitrogen and oxygen atoms in total. The van der Waals surface area contributed by atoms with E-state index < -0.39 is 10.0 Å². The lowest BCUT2D eigenvalue weighted by Gasteiger charge is -2.27. The maximum absolute atomic E-state index is 12.2. The first kappa shape index (κ1) is 13.8. The average molecular weight is 288 g/mol. The van der Waals surface area contributed by atoms with Gasteiger partial charge in [-0.15, -0.1) is 11.6 Å². The molecule has 1 aliphatic rings. The second-order valence-electron chi connectivity index (χ2n) is 4.84. The zero-order valence-corrected chi connectivity index (χ0v) is 12.0.